The van der Waals surface area contributed by atoms with Crippen LogP contribution in [0, 0.1) is 6.92 Å². The van der Waals surface area contributed by atoms with Crippen molar-refractivity contribution in [3.8, 4) is 0 Å². The van der Waals surface area contributed by atoms with Gasteiger partial charge in [-0.25, -0.2) is 4.98 Å². The van der Waals surface area contributed by atoms with Gasteiger partial charge in [0.2, 0.25) is 0 Å². The molecule has 1 atom stereocenters. The zero-order valence-corrected chi connectivity index (χ0v) is 16.7. The summed E-state index contributed by atoms with van der Waals surface area (Å²) in [5.74, 6) is 0.386. The van der Waals surface area contributed by atoms with E-state index in [1.165, 1.54) is 24.1 Å². The molecule has 4 aromatic rings. The average Bonchev–Trinajstić information content (AvgIpc) is 3.41. The number of aromatic amines is 2. The molecule has 5 rings (SSSR count). The van der Waals surface area contributed by atoms with E-state index in [-0.39, 0.29) is 5.91 Å². The van der Waals surface area contributed by atoms with Crippen molar-refractivity contribution in [2.45, 2.75) is 39.3 Å². The molecule has 1 fully saturated rings. The van der Waals surface area contributed by atoms with E-state index in [0.29, 0.717) is 17.4 Å². The number of carbonyl (C=O) groups excluding carboxylic acids is 1. The highest BCUT2D eigenvalue weighted by Gasteiger charge is 2.20. The molecule has 6 nitrogen and oxygen atoms in total. The molecule has 0 unspecified atom stereocenters. The molecular weight excluding hydrogens is 362 g/mol. The Morgan fingerprint density at radius 2 is 2.17 bits per heavy atom. The lowest BCUT2D eigenvalue weighted by Crippen LogP contribution is -2.26. The van der Waals surface area contributed by atoms with Gasteiger partial charge in [0, 0.05) is 58.6 Å². The Morgan fingerprint density at radius 3 is 3.00 bits per heavy atom. The van der Waals surface area contributed by atoms with Crippen LogP contribution in [0.25, 0.3) is 21.8 Å². The van der Waals surface area contributed by atoms with E-state index in [0.717, 1.165) is 34.9 Å². The summed E-state index contributed by atoms with van der Waals surface area (Å²) >= 11 is 0. The van der Waals surface area contributed by atoms with Crippen molar-refractivity contribution in [3.05, 3.63) is 59.5 Å². The molecule has 1 amide bonds. The van der Waals surface area contributed by atoms with Crippen LogP contribution in [0.1, 0.15) is 41.4 Å². The van der Waals surface area contributed by atoms with Crippen molar-refractivity contribution in [1.29, 1.82) is 0 Å². The van der Waals surface area contributed by atoms with E-state index in [1.807, 2.05) is 43.6 Å². The number of hydrogen-bond acceptors (Lipinski definition) is 3. The summed E-state index contributed by atoms with van der Waals surface area (Å²) in [6, 6.07) is 10.4. The number of benzene rings is 1. The maximum absolute atomic E-state index is 12.7. The quantitative estimate of drug-likeness (QED) is 0.479. The normalized spacial score (nSPS) is 17.4. The molecule has 0 spiro atoms. The number of carbonyl (C=O) groups is 1. The van der Waals surface area contributed by atoms with E-state index in [2.05, 4.69) is 38.2 Å². The maximum atomic E-state index is 12.7. The van der Waals surface area contributed by atoms with Crippen molar-refractivity contribution in [2.24, 2.45) is 0 Å². The van der Waals surface area contributed by atoms with Crippen LogP contribution in [0.4, 0.5) is 5.82 Å². The topological polar surface area (TPSA) is 76.8 Å². The Labute approximate surface area is 169 Å². The molecule has 0 bridgehead atoms. The molecule has 3 N–H and O–H groups in total. The zero-order chi connectivity index (χ0) is 20.0. The standard InChI is InChI=1S/C23H25N5O/c1-14-11-24-21-9-16(5-6-19(14)21)23(29)27-22-10-20-17(12-25-22)8-18(26-20)13-28-7-3-4-15(28)2/h5-6,8-12,15,24,26H,3-4,7,13H2,1-2H3,(H,25,27,29)/t15-/m0/s1. The number of fused-ring (bicyclic) bond motifs is 2. The molecule has 0 saturated carbocycles. The summed E-state index contributed by atoms with van der Waals surface area (Å²) < 4.78 is 0. The predicted octanol–water partition coefficient (Wildman–Crippen LogP) is 4.59. The minimum atomic E-state index is -0.163. The molecule has 1 saturated heterocycles. The second-order valence-corrected chi connectivity index (χ2v) is 8.10. The molecule has 148 valence electrons. The number of rotatable bonds is 4. The first kappa shape index (κ1) is 17.9. The number of amides is 1. The summed E-state index contributed by atoms with van der Waals surface area (Å²) in [4.78, 5) is 26.3. The highest BCUT2D eigenvalue weighted by atomic mass is 16.1. The Morgan fingerprint density at radius 1 is 1.28 bits per heavy atom. The van der Waals surface area contributed by atoms with Crippen LogP contribution < -0.4 is 5.32 Å². The molecule has 4 heterocycles. The Balaban J connectivity index is 1.34. The fraction of sp³-hybridized carbons (Fsp3) is 0.304. The molecule has 6 heteroatoms. The van der Waals surface area contributed by atoms with Gasteiger partial charge in [0.25, 0.3) is 5.91 Å². The zero-order valence-electron chi connectivity index (χ0n) is 16.7. The number of aromatic nitrogens is 3. The highest BCUT2D eigenvalue weighted by Crippen LogP contribution is 2.23. The van der Waals surface area contributed by atoms with Crippen LogP contribution in [-0.2, 0) is 6.54 Å². The van der Waals surface area contributed by atoms with Gasteiger partial charge in [-0.1, -0.05) is 6.07 Å². The monoisotopic (exact) mass is 387 g/mol. The van der Waals surface area contributed by atoms with Crippen molar-refractivity contribution >= 4 is 33.5 Å². The molecule has 3 aromatic heterocycles. The van der Waals surface area contributed by atoms with Crippen LogP contribution >= 0.6 is 0 Å². The lowest BCUT2D eigenvalue weighted by molar-refractivity contribution is 0.102. The first-order valence-corrected chi connectivity index (χ1v) is 10.2. The number of nitrogens with one attached hydrogen (secondary N) is 3. The SMILES string of the molecule is Cc1c[nH]c2cc(C(=O)Nc3cc4[nH]c(CN5CCC[C@@H]5C)cc4cn3)ccc12. The first-order chi connectivity index (χ1) is 14.1. The molecule has 29 heavy (non-hydrogen) atoms. The predicted molar refractivity (Wildman–Crippen MR) is 116 cm³/mol. The van der Waals surface area contributed by atoms with E-state index < -0.39 is 0 Å². The third-order valence-corrected chi connectivity index (χ3v) is 6.02. The third-order valence-electron chi connectivity index (χ3n) is 6.02. The minimum Gasteiger partial charge on any atom is -0.361 e. The molecule has 1 aliphatic heterocycles. The summed E-state index contributed by atoms with van der Waals surface area (Å²) in [6.07, 6.45) is 6.31. The van der Waals surface area contributed by atoms with Crippen LogP contribution in [0.3, 0.4) is 0 Å². The summed E-state index contributed by atoms with van der Waals surface area (Å²) in [7, 11) is 0. The summed E-state index contributed by atoms with van der Waals surface area (Å²) in [5.41, 5.74) is 4.92. The lowest BCUT2D eigenvalue weighted by Gasteiger charge is -2.19. The van der Waals surface area contributed by atoms with Crippen molar-refractivity contribution in [1.82, 2.24) is 19.9 Å². The van der Waals surface area contributed by atoms with Gasteiger partial charge < -0.3 is 15.3 Å². The lowest BCUT2D eigenvalue weighted by atomic mass is 10.1. The number of hydrogen-bond donors (Lipinski definition) is 3. The summed E-state index contributed by atoms with van der Waals surface area (Å²) in [6.45, 7) is 6.41. The van der Waals surface area contributed by atoms with Crippen LogP contribution in [0.2, 0.25) is 0 Å². The molecule has 1 aliphatic rings. The van der Waals surface area contributed by atoms with Gasteiger partial charge in [-0.3, -0.25) is 9.69 Å². The second-order valence-electron chi connectivity index (χ2n) is 8.10. The number of H-pyrrole nitrogens is 2. The fourth-order valence-electron chi connectivity index (χ4n) is 4.29. The number of likely N-dealkylation sites (tertiary alicyclic amines) is 1. The fourth-order valence-corrected chi connectivity index (χ4v) is 4.29. The van der Waals surface area contributed by atoms with E-state index >= 15 is 0 Å². The van der Waals surface area contributed by atoms with E-state index in [4.69, 9.17) is 0 Å². The Kier molecular flexibility index (Phi) is 4.36. The number of aryl methyl sites for hydroxylation is 1. The average molecular weight is 387 g/mol. The largest absolute Gasteiger partial charge is 0.361 e. The Hall–Kier alpha value is -3.12. The molecule has 1 aromatic carbocycles. The summed E-state index contributed by atoms with van der Waals surface area (Å²) in [5, 5.41) is 5.11. The van der Waals surface area contributed by atoms with Gasteiger partial charge in [0.05, 0.1) is 5.52 Å². The number of nitrogens with zero attached hydrogens (tertiary/aromatic N) is 2. The molecule has 0 aliphatic carbocycles. The van der Waals surface area contributed by atoms with E-state index in [9.17, 15) is 4.79 Å². The van der Waals surface area contributed by atoms with Crippen molar-refractivity contribution < 1.29 is 4.79 Å². The van der Waals surface area contributed by atoms with Crippen molar-refractivity contribution in [3.63, 3.8) is 0 Å². The van der Waals surface area contributed by atoms with Gasteiger partial charge in [-0.2, -0.15) is 0 Å². The van der Waals surface area contributed by atoms with Gasteiger partial charge >= 0.3 is 0 Å². The smallest absolute Gasteiger partial charge is 0.256 e. The van der Waals surface area contributed by atoms with Crippen LogP contribution in [-0.4, -0.2) is 38.3 Å². The van der Waals surface area contributed by atoms with Gasteiger partial charge in [-0.15, -0.1) is 0 Å². The molecular formula is C23H25N5O. The third kappa shape index (κ3) is 3.40. The highest BCUT2D eigenvalue weighted by molar-refractivity contribution is 6.06. The van der Waals surface area contributed by atoms with Crippen LogP contribution in [0.15, 0.2) is 42.7 Å². The second kappa shape index (κ2) is 7.04. The minimum absolute atomic E-state index is 0.163. The number of anilines is 1. The van der Waals surface area contributed by atoms with E-state index in [1.54, 1.807) is 0 Å². The van der Waals surface area contributed by atoms with Crippen LogP contribution in [0.5, 0.6) is 0 Å². The molecule has 0 radical (unpaired) electrons. The van der Waals surface area contributed by atoms with Gasteiger partial charge in [0.1, 0.15) is 5.82 Å². The van der Waals surface area contributed by atoms with Crippen molar-refractivity contribution in [2.75, 3.05) is 11.9 Å². The van der Waals surface area contributed by atoms with Gasteiger partial charge in [-0.05, 0) is 57.0 Å². The maximum Gasteiger partial charge on any atom is 0.256 e. The van der Waals surface area contributed by atoms with Gasteiger partial charge in [0.15, 0.2) is 0 Å². The first-order valence-electron chi connectivity index (χ1n) is 10.2. The number of pyridine rings is 1. The Bertz CT molecular complexity index is 1200.